The Hall–Kier alpha value is -4.28. The van der Waals surface area contributed by atoms with Crippen LogP contribution >= 0.6 is 23.2 Å². The first-order valence-electron chi connectivity index (χ1n) is 13.6. The first-order chi connectivity index (χ1) is 21.2. The quantitative estimate of drug-likeness (QED) is 0.0827. The maximum absolute atomic E-state index is 13.6. The number of hydrogen-bond donors (Lipinski definition) is 0. The molecule has 12 heteroatoms. The van der Waals surface area contributed by atoms with Crippen molar-refractivity contribution < 1.29 is 42.0 Å². The van der Waals surface area contributed by atoms with E-state index < -0.39 is 18.7 Å². The summed E-state index contributed by atoms with van der Waals surface area (Å²) in [4.78, 5) is 13.6. The summed E-state index contributed by atoms with van der Waals surface area (Å²) >= 11 is 12.7. The summed E-state index contributed by atoms with van der Waals surface area (Å²) in [6.45, 7) is -2.75. The van der Waals surface area contributed by atoms with Crippen molar-refractivity contribution in [2.24, 2.45) is 5.92 Å². The maximum atomic E-state index is 13.6. The molecule has 1 atom stereocenters. The number of alkyl halides is 2. The minimum atomic E-state index is -3.07. The van der Waals surface area contributed by atoms with Crippen LogP contribution in [0.5, 0.6) is 28.7 Å². The molecule has 44 heavy (non-hydrogen) atoms. The van der Waals surface area contributed by atoms with Crippen LogP contribution in [0.1, 0.15) is 40.4 Å². The number of carbonyl (C=O) groups is 1. The second-order valence-corrected chi connectivity index (χ2v) is 10.8. The summed E-state index contributed by atoms with van der Waals surface area (Å²) in [5, 5.41) is 12.0. The lowest BCUT2D eigenvalue weighted by molar-refractivity contribution is -0.605. The summed E-state index contributed by atoms with van der Waals surface area (Å²) in [5.74, 6) is 0.714. The van der Waals surface area contributed by atoms with Crippen LogP contribution in [0.3, 0.4) is 0 Å². The van der Waals surface area contributed by atoms with E-state index in [1.807, 2.05) is 6.07 Å². The van der Waals surface area contributed by atoms with Gasteiger partial charge in [-0.05, 0) is 66.8 Å². The molecule has 0 unspecified atom stereocenters. The fraction of sp³-hybridized carbons (Fsp3) is 0.250. The predicted molar refractivity (Wildman–Crippen MR) is 158 cm³/mol. The number of rotatable bonds is 13. The van der Waals surface area contributed by atoms with Gasteiger partial charge in [0.2, 0.25) is 0 Å². The van der Waals surface area contributed by atoms with Gasteiger partial charge < -0.3 is 28.9 Å². The number of pyridine rings is 1. The van der Waals surface area contributed by atoms with E-state index in [1.54, 1.807) is 30.3 Å². The van der Waals surface area contributed by atoms with Crippen molar-refractivity contribution in [1.82, 2.24) is 0 Å². The maximum Gasteiger partial charge on any atom is 0.387 e. The van der Waals surface area contributed by atoms with Gasteiger partial charge in [-0.2, -0.15) is 13.5 Å². The molecule has 1 fully saturated rings. The molecule has 3 aromatic carbocycles. The molecule has 0 bridgehead atoms. The average Bonchev–Trinajstić information content (AvgIpc) is 3.82. The summed E-state index contributed by atoms with van der Waals surface area (Å²) in [5.41, 5.74) is 0.882. The van der Waals surface area contributed by atoms with Gasteiger partial charge in [0.1, 0.15) is 21.9 Å². The van der Waals surface area contributed by atoms with Crippen LogP contribution in [-0.4, -0.2) is 26.3 Å². The Morgan fingerprint density at radius 2 is 1.66 bits per heavy atom. The van der Waals surface area contributed by atoms with Crippen molar-refractivity contribution >= 4 is 29.2 Å². The van der Waals surface area contributed by atoms with Gasteiger partial charge in [0, 0.05) is 12.0 Å². The van der Waals surface area contributed by atoms with E-state index in [1.165, 1.54) is 37.4 Å². The molecule has 8 nitrogen and oxygen atoms in total. The average molecular weight is 646 g/mol. The summed E-state index contributed by atoms with van der Waals surface area (Å²) in [6.07, 6.45) is 3.13. The number of carbonyl (C=O) groups excluding carboxylic acids is 1. The lowest BCUT2D eigenvalue weighted by Gasteiger charge is -2.22. The zero-order valence-electron chi connectivity index (χ0n) is 23.4. The Morgan fingerprint density at radius 1 is 0.955 bits per heavy atom. The molecule has 1 heterocycles. The van der Waals surface area contributed by atoms with Crippen molar-refractivity contribution in [2.75, 3.05) is 13.7 Å². The summed E-state index contributed by atoms with van der Waals surface area (Å²) < 4.78 is 54.6. The summed E-state index contributed by atoms with van der Waals surface area (Å²) in [6, 6.07) is 17.8. The van der Waals surface area contributed by atoms with Crippen LogP contribution in [0.4, 0.5) is 8.78 Å². The van der Waals surface area contributed by atoms with Gasteiger partial charge in [0.15, 0.2) is 35.4 Å². The molecule has 0 aliphatic heterocycles. The van der Waals surface area contributed by atoms with Gasteiger partial charge in [-0.25, -0.2) is 4.79 Å². The number of benzene rings is 3. The molecule has 4 aromatic rings. The Kier molecular flexibility index (Phi) is 9.92. The van der Waals surface area contributed by atoms with Crippen LogP contribution in [0.15, 0.2) is 79.1 Å². The van der Waals surface area contributed by atoms with E-state index in [2.05, 4.69) is 4.74 Å². The van der Waals surface area contributed by atoms with Crippen LogP contribution < -0.4 is 23.7 Å². The van der Waals surface area contributed by atoms with Crippen molar-refractivity contribution in [3.63, 3.8) is 0 Å². The monoisotopic (exact) mass is 645 g/mol. The van der Waals surface area contributed by atoms with Gasteiger partial charge in [0.25, 0.3) is 0 Å². The lowest BCUT2D eigenvalue weighted by Crippen LogP contribution is -2.25. The zero-order chi connectivity index (χ0) is 31.2. The molecule has 230 valence electrons. The number of ether oxygens (including phenoxy) is 5. The molecule has 1 aliphatic rings. The molecule has 1 saturated carbocycles. The fourth-order valence-corrected chi connectivity index (χ4v) is 4.96. The Morgan fingerprint density at radius 3 is 2.32 bits per heavy atom. The van der Waals surface area contributed by atoms with Crippen molar-refractivity contribution in [1.29, 1.82) is 0 Å². The molecule has 0 saturated heterocycles. The Bertz CT molecular complexity index is 1600. The summed E-state index contributed by atoms with van der Waals surface area (Å²) in [7, 11) is 1.48. The highest BCUT2D eigenvalue weighted by Crippen LogP contribution is 2.39. The topological polar surface area (TPSA) is 90.2 Å². The molecular formula is C32H27Cl2F2NO7. The minimum Gasteiger partial charge on any atom is -0.619 e. The minimum absolute atomic E-state index is 0.0507. The molecule has 0 amide bonds. The van der Waals surface area contributed by atoms with Crippen molar-refractivity contribution in [3.05, 3.63) is 111 Å². The highest BCUT2D eigenvalue weighted by molar-refractivity contribution is 6.35. The largest absolute Gasteiger partial charge is 0.619 e. The molecule has 0 radical (unpaired) electrons. The van der Waals surface area contributed by atoms with E-state index in [-0.39, 0.29) is 39.3 Å². The third-order valence-electron chi connectivity index (χ3n) is 6.79. The van der Waals surface area contributed by atoms with Gasteiger partial charge in [-0.1, -0.05) is 47.5 Å². The van der Waals surface area contributed by atoms with E-state index in [0.717, 1.165) is 25.2 Å². The number of aromatic nitrogens is 1. The lowest BCUT2D eigenvalue weighted by atomic mass is 10.0. The first kappa shape index (κ1) is 31.2. The molecular weight excluding hydrogens is 619 g/mol. The number of para-hydroxylation sites is 1. The standard InChI is InChI=1S/C32H27Cl2F2NO7/c1-40-26-11-10-21(14-30(26)42-22-5-3-2-4-6-22)31(38)43-28(15-23-24(33)16-37(39)17-25(23)34)20-9-12-27(44-32(35)36)29(13-20)41-18-19-7-8-19/h2-6,9-14,16-17,19,28,32H,7-8,15,18H2,1H3/t28-/m0/s1. The van der Waals surface area contributed by atoms with E-state index >= 15 is 0 Å². The Balaban J connectivity index is 1.48. The van der Waals surface area contributed by atoms with Gasteiger partial charge in [0.05, 0.1) is 19.3 Å². The number of methoxy groups -OCH3 is 1. The zero-order valence-corrected chi connectivity index (χ0v) is 24.9. The Labute approximate surface area is 262 Å². The third-order valence-corrected chi connectivity index (χ3v) is 7.45. The van der Waals surface area contributed by atoms with E-state index in [4.69, 9.17) is 42.1 Å². The first-order valence-corrected chi connectivity index (χ1v) is 14.4. The predicted octanol–water partition coefficient (Wildman–Crippen LogP) is 7.96. The van der Waals surface area contributed by atoms with Gasteiger partial charge in [-0.15, -0.1) is 0 Å². The third kappa shape index (κ3) is 8.00. The number of halogens is 4. The molecule has 0 spiro atoms. The van der Waals surface area contributed by atoms with Crippen molar-refractivity contribution in [2.45, 2.75) is 32.0 Å². The second-order valence-electron chi connectivity index (χ2n) is 10.0. The van der Waals surface area contributed by atoms with Crippen molar-refractivity contribution in [3.8, 4) is 28.7 Å². The van der Waals surface area contributed by atoms with Crippen LogP contribution in [0, 0.1) is 11.1 Å². The molecule has 5 rings (SSSR count). The number of esters is 1. The smallest absolute Gasteiger partial charge is 0.387 e. The number of hydrogen-bond acceptors (Lipinski definition) is 7. The van der Waals surface area contributed by atoms with Crippen LogP contribution in [0.2, 0.25) is 10.0 Å². The highest BCUT2D eigenvalue weighted by Gasteiger charge is 2.27. The highest BCUT2D eigenvalue weighted by atomic mass is 35.5. The molecule has 1 aliphatic carbocycles. The van der Waals surface area contributed by atoms with E-state index in [0.29, 0.717) is 39.9 Å². The molecule has 0 N–H and O–H groups in total. The van der Waals surface area contributed by atoms with Crippen LogP contribution in [-0.2, 0) is 11.2 Å². The fourth-order valence-electron chi connectivity index (χ4n) is 4.36. The molecule has 1 aromatic heterocycles. The van der Waals surface area contributed by atoms with Gasteiger partial charge in [-0.3, -0.25) is 0 Å². The second kappa shape index (κ2) is 14.0. The SMILES string of the molecule is COc1ccc(C(=O)O[C@@H](Cc2c(Cl)c[n+]([O-])cc2Cl)c2ccc(OC(F)F)c(OCC3CC3)c2)cc1Oc1ccccc1. The van der Waals surface area contributed by atoms with Gasteiger partial charge >= 0.3 is 12.6 Å². The van der Waals surface area contributed by atoms with E-state index in [9.17, 15) is 18.8 Å². The number of nitrogens with zero attached hydrogens (tertiary/aromatic N) is 1. The van der Waals surface area contributed by atoms with Crippen LogP contribution in [0.25, 0.3) is 0 Å². The normalized spacial score (nSPS) is 13.3.